The van der Waals surface area contributed by atoms with E-state index in [0.29, 0.717) is 22.3 Å². The molecule has 10 rings (SSSR count). The molecule has 0 bridgehead atoms. The summed E-state index contributed by atoms with van der Waals surface area (Å²) < 4.78 is 90.5. The molecule has 348 valence electrons. The van der Waals surface area contributed by atoms with Gasteiger partial charge in [-0.1, -0.05) is 103 Å². The maximum Gasteiger partial charge on any atom is 0.417 e. The molecule has 68 heavy (non-hydrogen) atoms. The smallest absolute Gasteiger partial charge is 0.354 e. The predicted molar refractivity (Wildman–Crippen MR) is 253 cm³/mol. The molecule has 6 aromatic carbocycles. The van der Waals surface area contributed by atoms with E-state index in [9.17, 15) is 13.2 Å². The Morgan fingerprint density at radius 2 is 0.985 bits per heavy atom. The molecule has 0 saturated carbocycles. The van der Waals surface area contributed by atoms with Gasteiger partial charge in [-0.2, -0.15) is 26.3 Å². The lowest BCUT2D eigenvalue weighted by atomic mass is 9.77. The number of halogens is 6. The highest BCUT2D eigenvalue weighted by atomic mass is 19.4. The molecule has 0 atom stereocenters. The third-order valence-corrected chi connectivity index (χ3v) is 14.1. The minimum atomic E-state index is -4.95. The number of para-hydroxylation sites is 2. The predicted octanol–water partition coefficient (Wildman–Crippen LogP) is 14.8. The van der Waals surface area contributed by atoms with Crippen LogP contribution in [0, 0.1) is 13.8 Å². The number of fused-ring (bicyclic) bond motifs is 10. The van der Waals surface area contributed by atoms with Gasteiger partial charge in [0, 0.05) is 32.6 Å². The Labute approximate surface area is 388 Å². The van der Waals surface area contributed by atoms with Crippen LogP contribution in [0.3, 0.4) is 0 Å². The number of carbonyl (C=O) groups is 4. The van der Waals surface area contributed by atoms with Crippen molar-refractivity contribution in [2.75, 3.05) is 9.80 Å². The van der Waals surface area contributed by atoms with E-state index in [1.54, 1.807) is 36.4 Å². The fourth-order valence-electron chi connectivity index (χ4n) is 11.3. The molecule has 0 unspecified atom stereocenters. The summed E-state index contributed by atoms with van der Waals surface area (Å²) in [6.07, 6.45) is -9.98. The average molecular weight is 928 g/mol. The molecule has 0 fully saturated rings. The van der Waals surface area contributed by atoms with Crippen molar-refractivity contribution in [3.8, 4) is 11.1 Å². The molecule has 3 aliphatic rings. The quantitative estimate of drug-likeness (QED) is 0.133. The summed E-state index contributed by atoms with van der Waals surface area (Å²) >= 11 is 0. The topological polar surface area (TPSA) is 90.6 Å². The van der Waals surface area contributed by atoms with Gasteiger partial charge in [0.25, 0.3) is 23.6 Å². The van der Waals surface area contributed by atoms with Crippen LogP contribution < -0.4 is 9.80 Å². The van der Waals surface area contributed by atoms with Crippen molar-refractivity contribution in [2.45, 2.75) is 112 Å². The first-order valence-corrected chi connectivity index (χ1v) is 22.8. The molecule has 7 nitrogen and oxygen atoms in total. The van der Waals surface area contributed by atoms with Crippen molar-refractivity contribution in [2.24, 2.45) is 0 Å². The van der Waals surface area contributed by atoms with E-state index in [2.05, 4.69) is 4.98 Å². The van der Waals surface area contributed by atoms with E-state index >= 15 is 32.3 Å². The molecule has 13 heteroatoms. The number of hydrogen-bond donors (Lipinski definition) is 1. The van der Waals surface area contributed by atoms with E-state index in [1.807, 2.05) is 61.5 Å². The SMILES string of the molecule is Cc1cc2c(c(C(F)(F)F)c1)-c1c(c3c4c(c5c([nH]c6cc(C(F)(F)F)cc(C)c65)c5c4c1C(=O)N(c1c(C(C)C)cccc1C(C)C)C5=O)C(=O)N(c1c(C(C)C)cccc1C(C)C)C3=O)C2. The number of alkyl halides is 6. The number of nitrogens with zero attached hydrogens (tertiary/aromatic N) is 2. The second-order valence-corrected chi connectivity index (χ2v) is 19.8. The van der Waals surface area contributed by atoms with Crippen LogP contribution in [0.4, 0.5) is 37.7 Å². The van der Waals surface area contributed by atoms with Crippen molar-refractivity contribution in [1.29, 1.82) is 0 Å². The van der Waals surface area contributed by atoms with Crippen LogP contribution in [-0.4, -0.2) is 28.6 Å². The number of nitrogens with one attached hydrogen (secondary N) is 1. The lowest BCUT2D eigenvalue weighted by Crippen LogP contribution is -2.45. The largest absolute Gasteiger partial charge is 0.417 e. The van der Waals surface area contributed by atoms with E-state index < -0.39 is 47.1 Å². The van der Waals surface area contributed by atoms with Crippen LogP contribution in [0.25, 0.3) is 43.7 Å². The van der Waals surface area contributed by atoms with Crippen molar-refractivity contribution in [1.82, 2.24) is 4.98 Å². The van der Waals surface area contributed by atoms with E-state index in [-0.39, 0.29) is 130 Å². The number of aryl methyl sites for hydroxylation is 2. The Morgan fingerprint density at radius 1 is 0.515 bits per heavy atom. The number of hydrogen-bond acceptors (Lipinski definition) is 4. The molecule has 7 aromatic rings. The zero-order valence-corrected chi connectivity index (χ0v) is 39.1. The molecule has 0 radical (unpaired) electrons. The molecule has 1 aromatic heterocycles. The van der Waals surface area contributed by atoms with Crippen LogP contribution >= 0.6 is 0 Å². The van der Waals surface area contributed by atoms with E-state index in [0.717, 1.165) is 28.0 Å². The number of rotatable bonds is 6. The van der Waals surface area contributed by atoms with Gasteiger partial charge in [0.05, 0.1) is 50.3 Å². The highest BCUT2D eigenvalue weighted by Gasteiger charge is 2.51. The van der Waals surface area contributed by atoms with Crippen LogP contribution in [0.1, 0.15) is 176 Å². The first kappa shape index (κ1) is 45.0. The Balaban J connectivity index is 1.49. The molecular weight excluding hydrogens is 881 g/mol. The van der Waals surface area contributed by atoms with Gasteiger partial charge >= 0.3 is 12.4 Å². The van der Waals surface area contributed by atoms with E-state index in [1.165, 1.54) is 13.8 Å². The van der Waals surface area contributed by atoms with Crippen molar-refractivity contribution in [3.05, 3.63) is 139 Å². The summed E-state index contributed by atoms with van der Waals surface area (Å²) in [5, 5.41) is -0.0628. The van der Waals surface area contributed by atoms with Gasteiger partial charge in [-0.25, -0.2) is 9.80 Å². The average Bonchev–Trinajstić information content (AvgIpc) is 3.82. The molecule has 1 N–H and O–H groups in total. The van der Waals surface area contributed by atoms with Crippen molar-refractivity contribution in [3.63, 3.8) is 0 Å². The number of aromatic nitrogens is 1. The van der Waals surface area contributed by atoms with Gasteiger partial charge < -0.3 is 4.98 Å². The van der Waals surface area contributed by atoms with Gasteiger partial charge in [-0.3, -0.25) is 19.2 Å². The maximum absolute atomic E-state index is 16.0. The van der Waals surface area contributed by atoms with Crippen molar-refractivity contribution >= 4 is 67.6 Å². The Morgan fingerprint density at radius 3 is 1.47 bits per heavy atom. The maximum atomic E-state index is 16.0. The number of imide groups is 2. The fraction of sp³-hybridized carbons (Fsp3) is 0.309. The number of anilines is 2. The molecule has 1 aliphatic carbocycles. The summed E-state index contributed by atoms with van der Waals surface area (Å²) in [5.41, 5.74) is 0.132. The van der Waals surface area contributed by atoms with Gasteiger partial charge in [-0.15, -0.1) is 0 Å². The third kappa shape index (κ3) is 6.12. The minimum Gasteiger partial charge on any atom is -0.354 e. The Hall–Kier alpha value is -6.76. The zero-order chi connectivity index (χ0) is 49.1. The van der Waals surface area contributed by atoms with Gasteiger partial charge in [0.2, 0.25) is 0 Å². The first-order chi connectivity index (χ1) is 31.9. The molecule has 4 amide bonds. The zero-order valence-electron chi connectivity index (χ0n) is 39.1. The summed E-state index contributed by atoms with van der Waals surface area (Å²) in [4.78, 5) is 69.1. The fourth-order valence-corrected chi connectivity index (χ4v) is 11.3. The summed E-state index contributed by atoms with van der Waals surface area (Å²) in [7, 11) is 0. The van der Waals surface area contributed by atoms with Gasteiger partial charge in [0.15, 0.2) is 0 Å². The Bertz CT molecular complexity index is 3430. The van der Waals surface area contributed by atoms with Crippen LogP contribution in [0.15, 0.2) is 60.7 Å². The second kappa shape index (κ2) is 14.9. The first-order valence-electron chi connectivity index (χ1n) is 22.8. The normalized spacial score (nSPS) is 15.0. The number of H-pyrrole nitrogens is 1. The van der Waals surface area contributed by atoms with Crippen LogP contribution in [0.5, 0.6) is 0 Å². The summed E-state index contributed by atoms with van der Waals surface area (Å²) in [6.45, 7) is 18.1. The Kier molecular flexibility index (Phi) is 9.85. The highest BCUT2D eigenvalue weighted by Crippen LogP contribution is 2.57. The molecule has 2 aliphatic heterocycles. The third-order valence-electron chi connectivity index (χ3n) is 14.1. The minimum absolute atomic E-state index is 0.0581. The summed E-state index contributed by atoms with van der Waals surface area (Å²) in [5.74, 6) is -4.58. The second-order valence-electron chi connectivity index (χ2n) is 19.8. The summed E-state index contributed by atoms with van der Waals surface area (Å²) in [6, 6.07) is 15.2. The van der Waals surface area contributed by atoms with Crippen LogP contribution in [-0.2, 0) is 18.8 Å². The number of amides is 4. The monoisotopic (exact) mass is 927 g/mol. The molecule has 3 heterocycles. The van der Waals surface area contributed by atoms with E-state index in [4.69, 9.17) is 0 Å². The van der Waals surface area contributed by atoms with Gasteiger partial charge in [-0.05, 0) is 107 Å². The number of aromatic amines is 1. The van der Waals surface area contributed by atoms with Crippen molar-refractivity contribution < 1.29 is 45.5 Å². The molecular formula is C55H47F6N3O4. The van der Waals surface area contributed by atoms with Crippen LogP contribution in [0.2, 0.25) is 0 Å². The molecule has 0 saturated heterocycles. The highest BCUT2D eigenvalue weighted by molar-refractivity contribution is 6.49. The van der Waals surface area contributed by atoms with Gasteiger partial charge in [0.1, 0.15) is 0 Å². The lowest BCUT2D eigenvalue weighted by Gasteiger charge is -2.37. The number of benzene rings is 6. The number of carbonyl (C=O) groups excluding carboxylic acids is 4. The molecule has 0 spiro atoms. The standard InChI is InChI=1S/C55H47F6N3O4/c1-22(2)30-13-11-14-31(23(3)4)48(30)63-50(65)40-34-20-28-17-26(9)18-35(55(59,60)61)38(28)39(34)44-42-41(40)45(52(63)67)43-37-27(10)19-29(54(56,57)58)21-36(37)62-47(43)46(42)53(68)64(51(44)66)49-32(24(5)6)15-12-16-33(49)25(7)8/h11-19,21-25,62H,20H2,1-10H3. The lowest BCUT2D eigenvalue weighted by molar-refractivity contribution is -0.138.